The second-order valence-electron chi connectivity index (χ2n) is 4.38. The van der Waals surface area contributed by atoms with Gasteiger partial charge in [0, 0.05) is 6.07 Å². The van der Waals surface area contributed by atoms with Crippen molar-refractivity contribution in [3.63, 3.8) is 0 Å². The number of rotatable bonds is 6. The monoisotopic (exact) mass is 291 g/mol. The molecule has 0 saturated heterocycles. The largest absolute Gasteiger partial charge is 0.490 e. The molecule has 0 aliphatic rings. The molecule has 110 valence electrons. The summed E-state index contributed by atoms with van der Waals surface area (Å²) in [5.74, 6) is 0.376. The third-order valence-electron chi connectivity index (χ3n) is 2.73. The van der Waals surface area contributed by atoms with Crippen LogP contribution >= 0.6 is 0 Å². The molecule has 0 heterocycles. The number of nitro groups is 1. The maximum absolute atomic E-state index is 12.7. The van der Waals surface area contributed by atoms with Gasteiger partial charge in [-0.15, -0.1) is 0 Å². The van der Waals surface area contributed by atoms with Crippen molar-refractivity contribution < 1.29 is 18.8 Å². The summed E-state index contributed by atoms with van der Waals surface area (Å²) in [5, 5.41) is 10.9. The molecule has 0 N–H and O–H groups in total. The van der Waals surface area contributed by atoms with Crippen LogP contribution in [-0.4, -0.2) is 18.1 Å². The van der Waals surface area contributed by atoms with Crippen LogP contribution in [0, 0.1) is 22.9 Å². The van der Waals surface area contributed by atoms with E-state index in [0.717, 1.165) is 5.56 Å². The molecule has 0 bridgehead atoms. The quantitative estimate of drug-likeness (QED) is 0.464. The molecule has 21 heavy (non-hydrogen) atoms. The molecule has 0 aliphatic heterocycles. The van der Waals surface area contributed by atoms with Crippen molar-refractivity contribution in [3.8, 4) is 11.5 Å². The van der Waals surface area contributed by atoms with Gasteiger partial charge >= 0.3 is 5.69 Å². The Morgan fingerprint density at radius 1 is 1.10 bits per heavy atom. The summed E-state index contributed by atoms with van der Waals surface area (Å²) in [6.07, 6.45) is 0. The zero-order chi connectivity index (χ0) is 15.2. The van der Waals surface area contributed by atoms with E-state index in [-0.39, 0.29) is 30.5 Å². The van der Waals surface area contributed by atoms with E-state index in [0.29, 0.717) is 5.75 Å². The molecular formula is C15H14FNO4. The highest BCUT2D eigenvalue weighted by molar-refractivity contribution is 5.48. The lowest BCUT2D eigenvalue weighted by molar-refractivity contribution is -0.385. The lowest BCUT2D eigenvalue weighted by Gasteiger charge is -2.09. The fraction of sp³-hybridized carbons (Fsp3) is 0.200. The molecule has 0 unspecified atom stereocenters. The topological polar surface area (TPSA) is 61.6 Å². The molecule has 0 spiro atoms. The van der Waals surface area contributed by atoms with E-state index in [9.17, 15) is 14.5 Å². The van der Waals surface area contributed by atoms with Gasteiger partial charge in [-0.05, 0) is 42.8 Å². The number of hydrogen-bond donors (Lipinski definition) is 0. The second kappa shape index (κ2) is 6.69. The highest BCUT2D eigenvalue weighted by Gasteiger charge is 2.14. The van der Waals surface area contributed by atoms with Crippen LogP contribution in [0.25, 0.3) is 0 Å². The van der Waals surface area contributed by atoms with Gasteiger partial charge in [-0.2, -0.15) is 0 Å². The zero-order valence-electron chi connectivity index (χ0n) is 11.4. The van der Waals surface area contributed by atoms with Gasteiger partial charge in [-0.25, -0.2) is 4.39 Å². The number of aryl methyl sites for hydroxylation is 1. The third kappa shape index (κ3) is 4.17. The molecule has 0 aliphatic carbocycles. The van der Waals surface area contributed by atoms with Gasteiger partial charge in [0.1, 0.15) is 24.8 Å². The Kier molecular flexibility index (Phi) is 4.71. The smallest absolute Gasteiger partial charge is 0.311 e. The van der Waals surface area contributed by atoms with E-state index in [4.69, 9.17) is 9.47 Å². The minimum atomic E-state index is -0.483. The highest BCUT2D eigenvalue weighted by Crippen LogP contribution is 2.27. The number of ether oxygens (including phenoxy) is 2. The van der Waals surface area contributed by atoms with Crippen LogP contribution in [0.1, 0.15) is 5.56 Å². The highest BCUT2D eigenvalue weighted by atomic mass is 19.1. The van der Waals surface area contributed by atoms with Gasteiger partial charge < -0.3 is 9.47 Å². The fourth-order valence-corrected chi connectivity index (χ4v) is 1.73. The minimum absolute atomic E-state index is 0.0724. The van der Waals surface area contributed by atoms with Crippen molar-refractivity contribution in [3.05, 3.63) is 64.0 Å². The van der Waals surface area contributed by atoms with E-state index >= 15 is 0 Å². The molecule has 2 rings (SSSR count). The summed E-state index contributed by atoms with van der Waals surface area (Å²) in [6.45, 7) is 2.13. The summed E-state index contributed by atoms with van der Waals surface area (Å²) in [6, 6.07) is 10.3. The van der Waals surface area contributed by atoms with Crippen molar-refractivity contribution in [1.82, 2.24) is 0 Å². The Labute approximate surface area is 121 Å². The molecule has 2 aromatic carbocycles. The minimum Gasteiger partial charge on any atom is -0.490 e. The van der Waals surface area contributed by atoms with Gasteiger partial charge in [0.05, 0.1) is 4.92 Å². The zero-order valence-corrected chi connectivity index (χ0v) is 11.4. The van der Waals surface area contributed by atoms with Crippen molar-refractivity contribution in [2.75, 3.05) is 13.2 Å². The van der Waals surface area contributed by atoms with Gasteiger partial charge in [0.25, 0.3) is 0 Å². The van der Waals surface area contributed by atoms with E-state index in [1.165, 1.54) is 30.3 Å². The summed E-state index contributed by atoms with van der Waals surface area (Å²) in [7, 11) is 0. The first kappa shape index (κ1) is 14.8. The normalized spacial score (nSPS) is 10.2. The van der Waals surface area contributed by atoms with E-state index in [1.807, 2.05) is 0 Å². The van der Waals surface area contributed by atoms with Gasteiger partial charge in [0.2, 0.25) is 0 Å². The molecule has 0 amide bonds. The Morgan fingerprint density at radius 3 is 2.43 bits per heavy atom. The maximum atomic E-state index is 12.7. The summed E-state index contributed by atoms with van der Waals surface area (Å²) in [5.41, 5.74) is 0.716. The van der Waals surface area contributed by atoms with Crippen molar-refractivity contribution >= 4 is 5.69 Å². The lowest BCUT2D eigenvalue weighted by Crippen LogP contribution is -2.10. The van der Waals surface area contributed by atoms with Crippen molar-refractivity contribution in [2.45, 2.75) is 6.92 Å². The Bertz CT molecular complexity index is 628. The first-order valence-corrected chi connectivity index (χ1v) is 6.32. The second-order valence-corrected chi connectivity index (χ2v) is 4.38. The average Bonchev–Trinajstić information content (AvgIpc) is 2.46. The van der Waals surface area contributed by atoms with Crippen molar-refractivity contribution in [1.29, 1.82) is 0 Å². The number of nitrogens with zero attached hydrogens (tertiary/aromatic N) is 1. The van der Waals surface area contributed by atoms with Gasteiger partial charge in [-0.3, -0.25) is 10.1 Å². The number of benzene rings is 2. The summed E-state index contributed by atoms with van der Waals surface area (Å²) >= 11 is 0. The van der Waals surface area contributed by atoms with Crippen LogP contribution in [-0.2, 0) is 0 Å². The predicted octanol–water partition coefficient (Wildman–Crippen LogP) is 3.50. The SMILES string of the molecule is Cc1ccc(OCCOc2ccc(F)cc2)c([N+](=O)[O-])c1. The van der Waals surface area contributed by atoms with Gasteiger partial charge in [-0.1, -0.05) is 6.07 Å². The van der Waals surface area contributed by atoms with Crippen molar-refractivity contribution in [2.24, 2.45) is 0 Å². The molecule has 2 aromatic rings. The molecule has 5 nitrogen and oxygen atoms in total. The molecule has 0 aromatic heterocycles. The van der Waals surface area contributed by atoms with E-state index < -0.39 is 4.92 Å². The van der Waals surface area contributed by atoms with Crippen LogP contribution in [0.4, 0.5) is 10.1 Å². The van der Waals surface area contributed by atoms with Gasteiger partial charge in [0.15, 0.2) is 5.75 Å². The lowest BCUT2D eigenvalue weighted by atomic mass is 10.2. The molecule has 0 radical (unpaired) electrons. The fourth-order valence-electron chi connectivity index (χ4n) is 1.73. The number of hydrogen-bond acceptors (Lipinski definition) is 4. The first-order valence-electron chi connectivity index (χ1n) is 6.32. The van der Waals surface area contributed by atoms with Crippen LogP contribution in [0.2, 0.25) is 0 Å². The number of halogens is 1. The van der Waals surface area contributed by atoms with Crippen LogP contribution in [0.5, 0.6) is 11.5 Å². The Hall–Kier alpha value is -2.63. The molecular weight excluding hydrogens is 277 g/mol. The van der Waals surface area contributed by atoms with Crippen LogP contribution in [0.15, 0.2) is 42.5 Å². The summed E-state index contributed by atoms with van der Waals surface area (Å²) in [4.78, 5) is 10.4. The van der Waals surface area contributed by atoms with Crippen LogP contribution < -0.4 is 9.47 Å². The summed E-state index contributed by atoms with van der Waals surface area (Å²) < 4.78 is 23.4. The number of nitro benzene ring substituents is 1. The van der Waals surface area contributed by atoms with E-state index in [2.05, 4.69) is 0 Å². The standard InChI is InChI=1S/C15H14FNO4/c1-11-2-7-15(14(10-11)17(18)19)21-9-8-20-13-5-3-12(16)4-6-13/h2-7,10H,8-9H2,1H3. The molecule has 0 atom stereocenters. The molecule has 0 fully saturated rings. The predicted molar refractivity (Wildman–Crippen MR) is 75.2 cm³/mol. The first-order chi connectivity index (χ1) is 10.1. The average molecular weight is 291 g/mol. The molecule has 0 saturated carbocycles. The maximum Gasteiger partial charge on any atom is 0.311 e. The molecule has 6 heteroatoms. The Morgan fingerprint density at radius 2 is 1.76 bits per heavy atom. The van der Waals surface area contributed by atoms with Crippen LogP contribution in [0.3, 0.4) is 0 Å². The third-order valence-corrected chi connectivity index (χ3v) is 2.73. The Balaban J connectivity index is 1.89. The van der Waals surface area contributed by atoms with E-state index in [1.54, 1.807) is 19.1 Å².